The molecule has 0 rings (SSSR count). The van der Waals surface area contributed by atoms with Crippen LogP contribution in [0.2, 0.25) is 0 Å². The van der Waals surface area contributed by atoms with E-state index in [1.165, 1.54) is 32.1 Å². The molecule has 0 aliphatic heterocycles. The van der Waals surface area contributed by atoms with Gasteiger partial charge in [0.1, 0.15) is 0 Å². The van der Waals surface area contributed by atoms with Crippen LogP contribution in [-0.2, 0) is 0 Å². The molecule has 0 radical (unpaired) electrons. The van der Waals surface area contributed by atoms with Gasteiger partial charge in [0, 0.05) is 0 Å². The zero-order chi connectivity index (χ0) is 9.40. The van der Waals surface area contributed by atoms with E-state index in [9.17, 15) is 5.11 Å². The molecule has 0 aliphatic rings. The molecule has 12 heavy (non-hydrogen) atoms. The largest absolute Gasteiger partial charge is 0.393 e. The topological polar surface area (TPSA) is 20.2 Å². The molecule has 1 atom stereocenters. The maximum Gasteiger partial charge on any atom is 0.0563 e. The highest BCUT2D eigenvalue weighted by molar-refractivity contribution is 4.59. The van der Waals surface area contributed by atoms with Crippen molar-refractivity contribution in [3.63, 3.8) is 0 Å². The molecule has 1 nitrogen and oxygen atoms in total. The Balaban J connectivity index is 3.08. The van der Waals surface area contributed by atoms with Gasteiger partial charge in [-0.15, -0.1) is 0 Å². The second kappa shape index (κ2) is 7.60. The van der Waals surface area contributed by atoms with E-state index in [1.54, 1.807) is 0 Å². The molecule has 0 heterocycles. The Morgan fingerprint density at radius 1 is 1.00 bits per heavy atom. The van der Waals surface area contributed by atoms with E-state index in [1.807, 2.05) is 0 Å². The normalized spacial score (nSPS) is 13.8. The van der Waals surface area contributed by atoms with Gasteiger partial charge < -0.3 is 5.11 Å². The van der Waals surface area contributed by atoms with E-state index in [0.29, 0.717) is 5.92 Å². The van der Waals surface area contributed by atoms with Crippen molar-refractivity contribution in [2.75, 3.05) is 0 Å². The number of hydrogen-bond donors (Lipinski definition) is 1. The molecule has 1 N–H and O–H groups in total. The van der Waals surface area contributed by atoms with Gasteiger partial charge in [0.05, 0.1) is 6.10 Å². The van der Waals surface area contributed by atoms with Crippen LogP contribution >= 0.6 is 0 Å². The van der Waals surface area contributed by atoms with Crippen molar-refractivity contribution in [1.82, 2.24) is 0 Å². The first-order valence-corrected chi connectivity index (χ1v) is 5.36. The second-order valence-corrected chi connectivity index (χ2v) is 4.01. The molecule has 0 aromatic rings. The Morgan fingerprint density at radius 2 is 1.58 bits per heavy atom. The Bertz CT molecular complexity index is 89.0. The molecule has 0 spiro atoms. The van der Waals surface area contributed by atoms with Crippen LogP contribution in [0, 0.1) is 5.92 Å². The molecule has 0 saturated heterocycles. The summed E-state index contributed by atoms with van der Waals surface area (Å²) in [7, 11) is 0. The summed E-state index contributed by atoms with van der Waals surface area (Å²) in [4.78, 5) is 0. The summed E-state index contributed by atoms with van der Waals surface area (Å²) in [5.41, 5.74) is 0. The average Bonchev–Trinajstić information content (AvgIpc) is 2.03. The minimum atomic E-state index is -0.0772. The molecule has 1 heteroatoms. The van der Waals surface area contributed by atoms with Crippen LogP contribution in [0.1, 0.15) is 59.3 Å². The van der Waals surface area contributed by atoms with Crippen LogP contribution in [-0.4, -0.2) is 11.2 Å². The quantitative estimate of drug-likeness (QED) is 0.584. The zero-order valence-electron chi connectivity index (χ0n) is 8.84. The van der Waals surface area contributed by atoms with E-state index < -0.39 is 0 Å². The Labute approximate surface area is 77.2 Å². The summed E-state index contributed by atoms with van der Waals surface area (Å²) in [6.45, 7) is 6.39. The highest BCUT2D eigenvalue weighted by atomic mass is 16.3. The summed E-state index contributed by atoms with van der Waals surface area (Å²) in [5, 5.41) is 9.48. The third kappa shape index (κ3) is 6.66. The standard InChI is InChI=1S/C11H24O/c1-4-5-6-7-8-9-11(12)10(2)3/h10-12H,4-9H2,1-3H3. The van der Waals surface area contributed by atoms with Gasteiger partial charge >= 0.3 is 0 Å². The SMILES string of the molecule is CCCCCCCC(O)C(C)C. The third-order valence-electron chi connectivity index (χ3n) is 2.37. The lowest BCUT2D eigenvalue weighted by Gasteiger charge is -2.13. The molecule has 0 aromatic carbocycles. The molecule has 0 fully saturated rings. The van der Waals surface area contributed by atoms with Crippen LogP contribution in [0.15, 0.2) is 0 Å². The molecule has 0 aromatic heterocycles. The predicted octanol–water partition coefficient (Wildman–Crippen LogP) is 3.36. The first-order chi connectivity index (χ1) is 5.68. The minimum Gasteiger partial charge on any atom is -0.393 e. The van der Waals surface area contributed by atoms with Crippen molar-refractivity contribution in [2.24, 2.45) is 5.92 Å². The van der Waals surface area contributed by atoms with Gasteiger partial charge in [0.2, 0.25) is 0 Å². The van der Waals surface area contributed by atoms with Crippen LogP contribution in [0.25, 0.3) is 0 Å². The number of unbranched alkanes of at least 4 members (excludes halogenated alkanes) is 4. The number of rotatable bonds is 7. The lowest BCUT2D eigenvalue weighted by Crippen LogP contribution is -2.13. The average molecular weight is 172 g/mol. The molecule has 0 bridgehead atoms. The maximum atomic E-state index is 9.48. The van der Waals surface area contributed by atoms with E-state index in [-0.39, 0.29) is 6.10 Å². The fourth-order valence-electron chi connectivity index (χ4n) is 1.29. The first-order valence-electron chi connectivity index (χ1n) is 5.36. The van der Waals surface area contributed by atoms with E-state index in [4.69, 9.17) is 0 Å². The van der Waals surface area contributed by atoms with Crippen molar-refractivity contribution in [3.05, 3.63) is 0 Å². The van der Waals surface area contributed by atoms with Crippen molar-refractivity contribution in [1.29, 1.82) is 0 Å². The Morgan fingerprint density at radius 3 is 2.08 bits per heavy atom. The highest BCUT2D eigenvalue weighted by Gasteiger charge is 2.07. The van der Waals surface area contributed by atoms with Gasteiger partial charge in [-0.2, -0.15) is 0 Å². The van der Waals surface area contributed by atoms with Crippen LogP contribution < -0.4 is 0 Å². The lowest BCUT2D eigenvalue weighted by atomic mass is 10.0. The van der Waals surface area contributed by atoms with Gasteiger partial charge in [0.25, 0.3) is 0 Å². The summed E-state index contributed by atoms with van der Waals surface area (Å²) in [6, 6.07) is 0. The summed E-state index contributed by atoms with van der Waals surface area (Å²) < 4.78 is 0. The maximum absolute atomic E-state index is 9.48. The van der Waals surface area contributed by atoms with Gasteiger partial charge in [-0.3, -0.25) is 0 Å². The third-order valence-corrected chi connectivity index (χ3v) is 2.37. The summed E-state index contributed by atoms with van der Waals surface area (Å²) in [6.07, 6.45) is 7.37. The molecule has 0 saturated carbocycles. The Kier molecular flexibility index (Phi) is 7.58. The van der Waals surface area contributed by atoms with Crippen LogP contribution in [0.5, 0.6) is 0 Å². The van der Waals surface area contributed by atoms with Crippen LogP contribution in [0.3, 0.4) is 0 Å². The predicted molar refractivity (Wildman–Crippen MR) is 54.2 cm³/mol. The minimum absolute atomic E-state index is 0.0772. The molecule has 0 amide bonds. The highest BCUT2D eigenvalue weighted by Crippen LogP contribution is 2.11. The van der Waals surface area contributed by atoms with Crippen molar-refractivity contribution in [3.8, 4) is 0 Å². The molecular weight excluding hydrogens is 148 g/mol. The summed E-state index contributed by atoms with van der Waals surface area (Å²) >= 11 is 0. The van der Waals surface area contributed by atoms with E-state index >= 15 is 0 Å². The van der Waals surface area contributed by atoms with Crippen molar-refractivity contribution in [2.45, 2.75) is 65.4 Å². The zero-order valence-corrected chi connectivity index (χ0v) is 8.84. The van der Waals surface area contributed by atoms with E-state index in [0.717, 1.165) is 6.42 Å². The fraction of sp³-hybridized carbons (Fsp3) is 1.00. The van der Waals surface area contributed by atoms with Gasteiger partial charge in [-0.05, 0) is 12.3 Å². The number of aliphatic hydroxyl groups excluding tert-OH is 1. The van der Waals surface area contributed by atoms with Gasteiger partial charge in [0.15, 0.2) is 0 Å². The molecular formula is C11H24O. The second-order valence-electron chi connectivity index (χ2n) is 4.01. The molecule has 0 aliphatic carbocycles. The number of aliphatic hydroxyl groups is 1. The van der Waals surface area contributed by atoms with Gasteiger partial charge in [-0.25, -0.2) is 0 Å². The van der Waals surface area contributed by atoms with Crippen molar-refractivity contribution >= 4 is 0 Å². The summed E-state index contributed by atoms with van der Waals surface area (Å²) in [5.74, 6) is 0.427. The van der Waals surface area contributed by atoms with Gasteiger partial charge in [-0.1, -0.05) is 52.9 Å². The van der Waals surface area contributed by atoms with E-state index in [2.05, 4.69) is 20.8 Å². The lowest BCUT2D eigenvalue weighted by molar-refractivity contribution is 0.113. The van der Waals surface area contributed by atoms with Crippen molar-refractivity contribution < 1.29 is 5.11 Å². The smallest absolute Gasteiger partial charge is 0.0563 e. The Hall–Kier alpha value is -0.0400. The van der Waals surface area contributed by atoms with Crippen LogP contribution in [0.4, 0.5) is 0 Å². The fourth-order valence-corrected chi connectivity index (χ4v) is 1.29. The first kappa shape index (κ1) is 12.0. The monoisotopic (exact) mass is 172 g/mol. The number of hydrogen-bond acceptors (Lipinski definition) is 1. The molecule has 1 unspecified atom stereocenters. The molecule has 74 valence electrons.